The van der Waals surface area contributed by atoms with E-state index >= 15 is 0 Å². The lowest BCUT2D eigenvalue weighted by atomic mass is 10.2. The number of rotatable bonds is 6. The van der Waals surface area contributed by atoms with E-state index in [1.165, 1.54) is 0 Å². The molecule has 0 amide bonds. The van der Waals surface area contributed by atoms with Crippen molar-refractivity contribution < 1.29 is 13.2 Å². The van der Waals surface area contributed by atoms with Gasteiger partial charge in [0.15, 0.2) is 15.7 Å². The highest BCUT2D eigenvalue weighted by atomic mass is 32.2. The second-order valence-corrected chi connectivity index (χ2v) is 7.32. The predicted octanol–water partition coefficient (Wildman–Crippen LogP) is 1.93. The highest BCUT2D eigenvalue weighted by molar-refractivity contribution is 7.91. The molecule has 0 radical (unpaired) electrons. The van der Waals surface area contributed by atoms with Gasteiger partial charge in [0.05, 0.1) is 0 Å². The van der Waals surface area contributed by atoms with Crippen LogP contribution in [0.15, 0.2) is 29.2 Å². The van der Waals surface area contributed by atoms with Crippen LogP contribution in [0.3, 0.4) is 0 Å². The minimum atomic E-state index is -3.40. The van der Waals surface area contributed by atoms with Gasteiger partial charge in [-0.2, -0.15) is 4.37 Å². The van der Waals surface area contributed by atoms with Gasteiger partial charge in [0.2, 0.25) is 0 Å². The van der Waals surface area contributed by atoms with Crippen molar-refractivity contribution in [2.75, 3.05) is 30.5 Å². The van der Waals surface area contributed by atoms with Crippen LogP contribution in [0, 0.1) is 6.92 Å². The molecule has 0 fully saturated rings. The van der Waals surface area contributed by atoms with Crippen LogP contribution in [-0.2, 0) is 9.84 Å². The molecule has 0 unspecified atom stereocenters. The van der Waals surface area contributed by atoms with Crippen molar-refractivity contribution >= 4 is 32.2 Å². The molecule has 0 saturated heterocycles. The summed E-state index contributed by atoms with van der Waals surface area (Å²) in [5.74, 6) is 0.813. The Morgan fingerprint density at radius 2 is 2.19 bits per heavy atom. The summed E-state index contributed by atoms with van der Waals surface area (Å²) in [6.45, 7) is 2.85. The molecular weight excluding hydrogens is 310 g/mol. The number of hydrogen-bond acceptors (Lipinski definition) is 7. The second-order valence-electron chi connectivity index (χ2n) is 4.59. The lowest BCUT2D eigenvalue weighted by Crippen LogP contribution is -2.13. The van der Waals surface area contributed by atoms with Crippen LogP contribution >= 0.6 is 11.5 Å². The minimum absolute atomic E-state index is 0.0320. The highest BCUT2D eigenvalue weighted by Gasteiger charge is 2.20. The zero-order chi connectivity index (χ0) is 15.5. The van der Waals surface area contributed by atoms with Crippen molar-refractivity contribution in [1.82, 2.24) is 4.37 Å². The van der Waals surface area contributed by atoms with E-state index in [2.05, 4.69) is 9.69 Å². The smallest absolute Gasteiger partial charge is 0.182 e. The molecule has 6 nitrogen and oxygen atoms in total. The monoisotopic (exact) mass is 327 g/mol. The van der Waals surface area contributed by atoms with Crippen LogP contribution < -0.4 is 15.8 Å². The average Bonchev–Trinajstić information content (AvgIpc) is 2.76. The Morgan fingerprint density at radius 3 is 2.86 bits per heavy atom. The largest absolute Gasteiger partial charge is 0.492 e. The summed E-state index contributed by atoms with van der Waals surface area (Å²) in [6, 6.07) is 7.72. The van der Waals surface area contributed by atoms with Crippen molar-refractivity contribution in [2.24, 2.45) is 0 Å². The fraction of sp³-hybridized carbons (Fsp3) is 0.308. The van der Waals surface area contributed by atoms with Crippen molar-refractivity contribution in [3.8, 4) is 5.75 Å². The van der Waals surface area contributed by atoms with Gasteiger partial charge >= 0.3 is 0 Å². The third kappa shape index (κ3) is 4.08. The highest BCUT2D eigenvalue weighted by Crippen LogP contribution is 2.30. The van der Waals surface area contributed by atoms with Gasteiger partial charge in [-0.15, -0.1) is 0 Å². The Hall–Kier alpha value is -1.80. The average molecular weight is 327 g/mol. The van der Waals surface area contributed by atoms with Crippen LogP contribution in [0.1, 0.15) is 5.56 Å². The van der Waals surface area contributed by atoms with Gasteiger partial charge in [0, 0.05) is 12.8 Å². The number of aromatic nitrogens is 1. The number of benzene rings is 1. The number of sulfone groups is 1. The molecule has 0 spiro atoms. The molecule has 1 heterocycles. The molecule has 8 heteroatoms. The molecule has 0 aliphatic heterocycles. The number of nitrogens with one attached hydrogen (secondary N) is 1. The van der Waals surface area contributed by atoms with Gasteiger partial charge in [-0.25, -0.2) is 8.42 Å². The summed E-state index contributed by atoms with van der Waals surface area (Å²) in [5.41, 5.74) is 6.71. The normalized spacial score (nSPS) is 11.3. The summed E-state index contributed by atoms with van der Waals surface area (Å²) in [4.78, 5) is 0.0584. The van der Waals surface area contributed by atoms with E-state index in [0.717, 1.165) is 29.1 Å². The number of aryl methyl sites for hydroxylation is 1. The van der Waals surface area contributed by atoms with Gasteiger partial charge in [0.25, 0.3) is 0 Å². The van der Waals surface area contributed by atoms with Crippen LogP contribution in [0.4, 0.5) is 10.8 Å². The number of nitrogens with zero attached hydrogens (tertiary/aromatic N) is 1. The Kier molecular flexibility index (Phi) is 4.69. The molecular formula is C13H17N3O3S2. The van der Waals surface area contributed by atoms with Gasteiger partial charge in [0.1, 0.15) is 22.3 Å². The topological polar surface area (TPSA) is 94.3 Å². The molecule has 0 atom stereocenters. The van der Waals surface area contributed by atoms with Crippen LogP contribution in [0.25, 0.3) is 0 Å². The Labute approximate surface area is 128 Å². The first-order valence-electron chi connectivity index (χ1n) is 6.26. The summed E-state index contributed by atoms with van der Waals surface area (Å²) in [5, 5.41) is 3.44. The van der Waals surface area contributed by atoms with Gasteiger partial charge in [-0.05, 0) is 36.2 Å². The molecule has 0 aliphatic rings. The third-order valence-corrected chi connectivity index (χ3v) is 4.79. The van der Waals surface area contributed by atoms with Crippen molar-refractivity contribution in [3.63, 3.8) is 0 Å². The van der Waals surface area contributed by atoms with E-state index in [1.54, 1.807) is 0 Å². The molecule has 0 aliphatic carbocycles. The van der Waals surface area contributed by atoms with E-state index < -0.39 is 9.84 Å². The fourth-order valence-corrected chi connectivity index (χ4v) is 3.90. The van der Waals surface area contributed by atoms with E-state index in [1.807, 2.05) is 31.2 Å². The maximum atomic E-state index is 11.6. The van der Waals surface area contributed by atoms with Crippen molar-refractivity contribution in [1.29, 1.82) is 0 Å². The molecule has 114 valence electrons. The van der Waals surface area contributed by atoms with Crippen LogP contribution in [0.5, 0.6) is 5.75 Å². The Morgan fingerprint density at radius 1 is 1.43 bits per heavy atom. The molecule has 21 heavy (non-hydrogen) atoms. The third-order valence-electron chi connectivity index (χ3n) is 2.69. The number of hydrogen-bond donors (Lipinski definition) is 2. The summed E-state index contributed by atoms with van der Waals surface area (Å²) in [6.07, 6.45) is 1.11. The van der Waals surface area contributed by atoms with E-state index in [4.69, 9.17) is 10.5 Å². The van der Waals surface area contributed by atoms with Crippen molar-refractivity contribution in [3.05, 3.63) is 29.8 Å². The van der Waals surface area contributed by atoms with Crippen LogP contribution in [0.2, 0.25) is 0 Å². The minimum Gasteiger partial charge on any atom is -0.492 e. The fourth-order valence-electron chi connectivity index (χ4n) is 1.80. The van der Waals surface area contributed by atoms with E-state index in [9.17, 15) is 8.42 Å². The molecule has 2 rings (SSSR count). The Balaban J connectivity index is 1.93. The SMILES string of the molecule is Cc1cccc(OCCNc2snc(N)c2S(C)(=O)=O)c1. The summed E-state index contributed by atoms with van der Waals surface area (Å²) in [7, 11) is -3.40. The zero-order valence-electron chi connectivity index (χ0n) is 11.8. The molecule has 0 bridgehead atoms. The predicted molar refractivity (Wildman–Crippen MR) is 84.8 cm³/mol. The number of ether oxygens (including phenoxy) is 1. The van der Waals surface area contributed by atoms with Crippen molar-refractivity contribution in [2.45, 2.75) is 11.8 Å². The zero-order valence-corrected chi connectivity index (χ0v) is 13.4. The van der Waals surface area contributed by atoms with Gasteiger partial charge in [-0.1, -0.05) is 12.1 Å². The summed E-state index contributed by atoms with van der Waals surface area (Å²) >= 11 is 1.03. The van der Waals surface area contributed by atoms with Gasteiger partial charge in [-0.3, -0.25) is 0 Å². The maximum Gasteiger partial charge on any atom is 0.182 e. The lowest BCUT2D eigenvalue weighted by Gasteiger charge is -2.08. The quantitative estimate of drug-likeness (QED) is 0.787. The number of nitrogen functional groups attached to an aromatic ring is 1. The maximum absolute atomic E-state index is 11.6. The molecule has 1 aromatic carbocycles. The first kappa shape index (κ1) is 15.6. The first-order valence-corrected chi connectivity index (χ1v) is 8.93. The van der Waals surface area contributed by atoms with Gasteiger partial charge < -0.3 is 15.8 Å². The second kappa shape index (κ2) is 6.31. The molecule has 0 saturated carbocycles. The van der Waals surface area contributed by atoms with E-state index in [-0.39, 0.29) is 10.7 Å². The standard InChI is InChI=1S/C13H17N3O3S2/c1-9-4-3-5-10(8-9)19-7-6-15-13-11(21(2,17)18)12(14)16-20-13/h3-5,8,15H,6-7H2,1-2H3,(H2,14,16). The van der Waals surface area contributed by atoms with E-state index in [0.29, 0.717) is 18.2 Å². The number of anilines is 2. The molecule has 1 aromatic heterocycles. The lowest BCUT2D eigenvalue weighted by molar-refractivity contribution is 0.332. The Bertz CT molecular complexity index is 726. The molecule has 2 aromatic rings. The molecule has 3 N–H and O–H groups in total. The summed E-state index contributed by atoms with van der Waals surface area (Å²) < 4.78 is 32.7. The first-order chi connectivity index (χ1) is 9.88. The number of nitrogens with two attached hydrogens (primary N) is 1. The van der Waals surface area contributed by atoms with Crippen LogP contribution in [-0.4, -0.2) is 32.2 Å².